The van der Waals surface area contributed by atoms with Gasteiger partial charge in [0.2, 0.25) is 0 Å². The number of hydrogen-bond donors (Lipinski definition) is 1. The van der Waals surface area contributed by atoms with E-state index in [0.717, 1.165) is 24.7 Å². The molecule has 0 radical (unpaired) electrons. The van der Waals surface area contributed by atoms with Crippen LogP contribution in [0.3, 0.4) is 0 Å². The molecule has 1 heterocycles. The lowest BCUT2D eigenvalue weighted by Crippen LogP contribution is -2.49. The van der Waals surface area contributed by atoms with E-state index in [2.05, 4.69) is 59.4 Å². The van der Waals surface area contributed by atoms with Crippen LogP contribution in [0.25, 0.3) is 0 Å². The lowest BCUT2D eigenvalue weighted by Gasteiger charge is -2.30. The van der Waals surface area contributed by atoms with E-state index >= 15 is 0 Å². The fourth-order valence-corrected chi connectivity index (χ4v) is 4.84. The van der Waals surface area contributed by atoms with Gasteiger partial charge in [0, 0.05) is 18.8 Å². The van der Waals surface area contributed by atoms with Crippen molar-refractivity contribution in [2.75, 3.05) is 19.0 Å². The SMILES string of the molecule is C=CCN1CSC(SCc2ccccc2)N1NCCCCC. The summed E-state index contributed by atoms with van der Waals surface area (Å²) in [5.74, 6) is 2.08. The van der Waals surface area contributed by atoms with E-state index in [1.54, 1.807) is 0 Å². The predicted octanol–water partition coefficient (Wildman–Crippen LogP) is 4.31. The molecule has 0 aromatic heterocycles. The molecule has 5 heteroatoms. The first kappa shape index (κ1) is 17.9. The van der Waals surface area contributed by atoms with Crippen molar-refractivity contribution in [2.24, 2.45) is 0 Å². The topological polar surface area (TPSA) is 18.5 Å². The van der Waals surface area contributed by atoms with Crippen LogP contribution in [0.15, 0.2) is 43.0 Å². The molecule has 22 heavy (non-hydrogen) atoms. The second kappa shape index (κ2) is 10.3. The van der Waals surface area contributed by atoms with Crippen molar-refractivity contribution in [1.82, 2.24) is 15.6 Å². The zero-order valence-corrected chi connectivity index (χ0v) is 15.0. The molecule has 1 N–H and O–H groups in total. The highest BCUT2D eigenvalue weighted by Gasteiger charge is 2.31. The van der Waals surface area contributed by atoms with Crippen LogP contribution in [0.2, 0.25) is 0 Å². The molecule has 1 aromatic carbocycles. The highest BCUT2D eigenvalue weighted by atomic mass is 32.2. The van der Waals surface area contributed by atoms with E-state index in [-0.39, 0.29) is 0 Å². The van der Waals surface area contributed by atoms with E-state index in [4.69, 9.17) is 0 Å². The molecule has 1 aliphatic heterocycles. The van der Waals surface area contributed by atoms with Crippen LogP contribution in [-0.4, -0.2) is 33.8 Å². The third-order valence-electron chi connectivity index (χ3n) is 3.50. The number of nitrogens with zero attached hydrogens (tertiary/aromatic N) is 2. The Bertz CT molecular complexity index is 427. The molecule has 1 unspecified atom stereocenters. The van der Waals surface area contributed by atoms with Gasteiger partial charge in [0.1, 0.15) is 4.71 Å². The molecule has 1 atom stereocenters. The van der Waals surface area contributed by atoms with Crippen molar-refractivity contribution >= 4 is 23.5 Å². The van der Waals surface area contributed by atoms with Gasteiger partial charge < -0.3 is 0 Å². The Morgan fingerprint density at radius 1 is 1.36 bits per heavy atom. The first-order valence-corrected chi connectivity index (χ1v) is 10.1. The van der Waals surface area contributed by atoms with E-state index in [1.165, 1.54) is 24.8 Å². The molecule has 1 aliphatic rings. The number of rotatable bonds is 10. The van der Waals surface area contributed by atoms with Crippen LogP contribution in [0.1, 0.15) is 31.7 Å². The van der Waals surface area contributed by atoms with Gasteiger partial charge in [0.05, 0.1) is 5.88 Å². The van der Waals surface area contributed by atoms with E-state index in [9.17, 15) is 0 Å². The lowest BCUT2D eigenvalue weighted by molar-refractivity contribution is -0.0218. The second-order valence-electron chi connectivity index (χ2n) is 5.34. The van der Waals surface area contributed by atoms with Crippen molar-refractivity contribution < 1.29 is 0 Å². The summed E-state index contributed by atoms with van der Waals surface area (Å²) >= 11 is 3.98. The van der Waals surface area contributed by atoms with Gasteiger partial charge in [-0.25, -0.2) is 10.4 Å². The van der Waals surface area contributed by atoms with Crippen LogP contribution in [-0.2, 0) is 5.75 Å². The van der Waals surface area contributed by atoms with Gasteiger partial charge in [0.25, 0.3) is 0 Å². The maximum absolute atomic E-state index is 3.87. The van der Waals surface area contributed by atoms with Gasteiger partial charge in [0.15, 0.2) is 0 Å². The van der Waals surface area contributed by atoms with Gasteiger partial charge in [-0.3, -0.25) is 0 Å². The van der Waals surface area contributed by atoms with E-state index in [0.29, 0.717) is 4.71 Å². The van der Waals surface area contributed by atoms with Crippen LogP contribution in [0, 0.1) is 0 Å². The summed E-state index contributed by atoms with van der Waals surface area (Å²) < 4.78 is 0.432. The Balaban J connectivity index is 1.85. The Morgan fingerprint density at radius 3 is 2.91 bits per heavy atom. The van der Waals surface area contributed by atoms with Crippen LogP contribution in [0.4, 0.5) is 0 Å². The van der Waals surface area contributed by atoms with Crippen molar-refractivity contribution in [2.45, 2.75) is 36.6 Å². The number of nitrogens with one attached hydrogen (secondary N) is 1. The fourth-order valence-electron chi connectivity index (χ4n) is 2.31. The average Bonchev–Trinajstić information content (AvgIpc) is 2.93. The molecular formula is C17H27N3S2. The summed E-state index contributed by atoms with van der Waals surface area (Å²) in [4.78, 5) is 0. The Labute approximate surface area is 143 Å². The number of benzene rings is 1. The normalized spacial score (nSPS) is 19.6. The molecule has 1 fully saturated rings. The van der Waals surface area contributed by atoms with Gasteiger partial charge in [-0.2, -0.15) is 5.12 Å². The summed E-state index contributed by atoms with van der Waals surface area (Å²) in [5.41, 5.74) is 5.00. The third kappa shape index (κ3) is 5.63. The van der Waals surface area contributed by atoms with Crippen LogP contribution in [0.5, 0.6) is 0 Å². The van der Waals surface area contributed by atoms with Crippen molar-refractivity contribution in [3.05, 3.63) is 48.6 Å². The smallest absolute Gasteiger partial charge is 0.133 e. The predicted molar refractivity (Wildman–Crippen MR) is 100 cm³/mol. The average molecular weight is 338 g/mol. The largest absolute Gasteiger partial charge is 0.239 e. The fraction of sp³-hybridized carbons (Fsp3) is 0.529. The minimum Gasteiger partial charge on any atom is -0.239 e. The maximum Gasteiger partial charge on any atom is 0.133 e. The van der Waals surface area contributed by atoms with E-state index < -0.39 is 0 Å². The van der Waals surface area contributed by atoms with Crippen LogP contribution < -0.4 is 5.43 Å². The summed E-state index contributed by atoms with van der Waals surface area (Å²) in [5, 5.41) is 4.65. The molecule has 122 valence electrons. The van der Waals surface area contributed by atoms with Gasteiger partial charge in [-0.1, -0.05) is 56.2 Å². The van der Waals surface area contributed by atoms with Gasteiger partial charge in [-0.05, 0) is 12.0 Å². The third-order valence-corrected chi connectivity index (χ3v) is 6.23. The summed E-state index contributed by atoms with van der Waals surface area (Å²) in [6.07, 6.45) is 5.76. The minimum absolute atomic E-state index is 0.432. The standard InChI is InChI=1S/C17H27N3S2/c1-3-5-9-12-18-20-17(22-15-19(20)13-4-2)21-14-16-10-7-6-8-11-16/h4,6-8,10-11,17-18H,2-3,5,9,12-15H2,1H3. The summed E-state index contributed by atoms with van der Waals surface area (Å²) in [6, 6.07) is 10.7. The summed E-state index contributed by atoms with van der Waals surface area (Å²) in [6.45, 7) is 8.06. The van der Waals surface area contributed by atoms with Crippen molar-refractivity contribution in [3.63, 3.8) is 0 Å². The summed E-state index contributed by atoms with van der Waals surface area (Å²) in [7, 11) is 0. The first-order valence-electron chi connectivity index (χ1n) is 8.00. The molecule has 0 bridgehead atoms. The Hall–Kier alpha value is -0.460. The molecular weight excluding hydrogens is 310 g/mol. The Kier molecular flexibility index (Phi) is 8.41. The maximum atomic E-state index is 3.87. The minimum atomic E-state index is 0.432. The van der Waals surface area contributed by atoms with Crippen molar-refractivity contribution in [3.8, 4) is 0 Å². The lowest BCUT2D eigenvalue weighted by atomic mass is 10.2. The number of hydrogen-bond acceptors (Lipinski definition) is 5. The molecule has 0 aliphatic carbocycles. The number of thioether (sulfide) groups is 2. The number of hydrazine groups is 2. The van der Waals surface area contributed by atoms with Crippen LogP contribution >= 0.6 is 23.5 Å². The zero-order valence-electron chi connectivity index (χ0n) is 13.4. The molecule has 1 aromatic rings. The quantitative estimate of drug-likeness (QED) is 0.505. The van der Waals surface area contributed by atoms with Gasteiger partial charge in [-0.15, -0.1) is 30.1 Å². The molecule has 1 saturated heterocycles. The molecule has 0 saturated carbocycles. The zero-order chi connectivity index (χ0) is 15.6. The highest BCUT2D eigenvalue weighted by Crippen LogP contribution is 2.36. The molecule has 2 rings (SSSR count). The Morgan fingerprint density at radius 2 is 2.18 bits per heavy atom. The van der Waals surface area contributed by atoms with E-state index in [1.807, 2.05) is 29.6 Å². The second-order valence-corrected chi connectivity index (χ2v) is 7.74. The van der Waals surface area contributed by atoms with Crippen molar-refractivity contribution in [1.29, 1.82) is 0 Å². The first-order chi connectivity index (χ1) is 10.8. The molecule has 0 spiro atoms. The number of unbranched alkanes of at least 4 members (excludes halogenated alkanes) is 2. The molecule has 0 amide bonds. The monoisotopic (exact) mass is 337 g/mol. The molecule has 3 nitrogen and oxygen atoms in total. The van der Waals surface area contributed by atoms with Gasteiger partial charge >= 0.3 is 0 Å². The highest BCUT2D eigenvalue weighted by molar-refractivity contribution is 8.16.